The molecule has 0 radical (unpaired) electrons. The van der Waals surface area contributed by atoms with Crippen molar-refractivity contribution in [3.8, 4) is 5.88 Å². The average Bonchev–Trinajstić information content (AvgIpc) is 3.72. The lowest BCUT2D eigenvalue weighted by atomic mass is 9.93. The highest BCUT2D eigenvalue weighted by Crippen LogP contribution is 2.31. The van der Waals surface area contributed by atoms with Crippen LogP contribution in [0.1, 0.15) is 58.1 Å². The highest BCUT2D eigenvalue weighted by Gasteiger charge is 2.25. The molecule has 1 N–H and O–H groups in total. The molecule has 0 aliphatic carbocycles. The van der Waals surface area contributed by atoms with E-state index in [-0.39, 0.29) is 17.4 Å². The maximum absolute atomic E-state index is 14.2. The van der Waals surface area contributed by atoms with Crippen LogP contribution in [0.5, 0.6) is 5.88 Å². The minimum atomic E-state index is -3.69. The van der Waals surface area contributed by atoms with E-state index in [4.69, 9.17) is 26.3 Å². The van der Waals surface area contributed by atoms with Crippen molar-refractivity contribution in [3.05, 3.63) is 93.5 Å². The third kappa shape index (κ3) is 7.41. The van der Waals surface area contributed by atoms with E-state index < -0.39 is 21.7 Å². The largest absolute Gasteiger partial charge is 0.473 e. The number of nitrogens with one attached hydrogen (secondary N) is 1. The molecule has 1 aliphatic heterocycles. The number of pyridine rings is 1. The minimum Gasteiger partial charge on any atom is -0.473 e. The number of thiophene rings is 1. The Morgan fingerprint density at radius 1 is 1.15 bits per heavy atom. The van der Waals surface area contributed by atoms with E-state index in [1.165, 1.54) is 17.4 Å². The van der Waals surface area contributed by atoms with E-state index in [0.29, 0.717) is 34.4 Å². The number of piperidine rings is 1. The number of carbonyl (C=O) groups excluding carboxylic acids is 1. The summed E-state index contributed by atoms with van der Waals surface area (Å²) in [6.07, 6.45) is 6.36. The number of hydrogen-bond acceptors (Lipinski definition) is 9. The van der Waals surface area contributed by atoms with Gasteiger partial charge in [-0.05, 0) is 57.1 Å². The predicted molar refractivity (Wildman–Crippen MR) is 174 cm³/mol. The highest BCUT2D eigenvalue weighted by atomic mass is 35.5. The van der Waals surface area contributed by atoms with Crippen molar-refractivity contribution in [2.45, 2.75) is 51.9 Å². The molecule has 1 saturated heterocycles. The molecule has 1 aromatic carbocycles. The quantitative estimate of drug-likeness (QED) is 0.201. The van der Waals surface area contributed by atoms with E-state index in [9.17, 15) is 17.6 Å². The Morgan fingerprint density at radius 3 is 2.70 bits per heavy atom. The lowest BCUT2D eigenvalue weighted by Crippen LogP contribution is -2.33. The van der Waals surface area contributed by atoms with Crippen molar-refractivity contribution >= 4 is 49.2 Å². The van der Waals surface area contributed by atoms with Crippen molar-refractivity contribution in [1.82, 2.24) is 33.7 Å². The van der Waals surface area contributed by atoms with Gasteiger partial charge in [-0.1, -0.05) is 23.7 Å². The molecule has 6 rings (SSSR count). The van der Waals surface area contributed by atoms with Crippen LogP contribution in [0, 0.1) is 5.82 Å². The molecule has 1 fully saturated rings. The van der Waals surface area contributed by atoms with Crippen LogP contribution in [0.2, 0.25) is 5.02 Å². The molecule has 0 atom stereocenters. The number of rotatable bonds is 11. The lowest BCUT2D eigenvalue weighted by molar-refractivity contribution is 0.0985. The average molecular weight is 686 g/mol. The second-order valence-electron chi connectivity index (χ2n) is 11.3. The van der Waals surface area contributed by atoms with Crippen LogP contribution in [-0.2, 0) is 36.3 Å². The summed E-state index contributed by atoms with van der Waals surface area (Å²) in [5, 5.41) is 0.338. The van der Waals surface area contributed by atoms with E-state index in [1.807, 2.05) is 30.0 Å². The van der Waals surface area contributed by atoms with E-state index in [2.05, 4.69) is 19.0 Å². The van der Waals surface area contributed by atoms with Crippen LogP contribution in [-0.4, -0.2) is 62.7 Å². The number of nitrogens with zero attached hydrogens (tertiary/aromatic N) is 6. The monoisotopic (exact) mass is 685 g/mol. The Kier molecular flexibility index (Phi) is 9.41. The molecular formula is C31H33ClFN7O4S2. The van der Waals surface area contributed by atoms with E-state index in [1.54, 1.807) is 30.6 Å². The van der Waals surface area contributed by atoms with Gasteiger partial charge in [0.1, 0.15) is 23.1 Å². The molecule has 15 heteroatoms. The van der Waals surface area contributed by atoms with Gasteiger partial charge in [-0.2, -0.15) is 0 Å². The fraction of sp³-hybridized carbons (Fsp3) is 0.355. The van der Waals surface area contributed by atoms with Gasteiger partial charge in [0, 0.05) is 41.0 Å². The summed E-state index contributed by atoms with van der Waals surface area (Å²) in [4.78, 5) is 29.8. The van der Waals surface area contributed by atoms with Gasteiger partial charge in [0.25, 0.3) is 5.91 Å². The number of aryl methyl sites for hydroxylation is 1. The topological polar surface area (TPSA) is 124 Å². The molecular weight excluding hydrogens is 653 g/mol. The van der Waals surface area contributed by atoms with Crippen molar-refractivity contribution in [2.75, 3.05) is 19.3 Å². The zero-order valence-electron chi connectivity index (χ0n) is 25.3. The molecule has 0 unspecified atom stereocenters. The first kappa shape index (κ1) is 32.1. The Balaban J connectivity index is 1.15. The zero-order valence-corrected chi connectivity index (χ0v) is 27.7. The van der Waals surface area contributed by atoms with Crippen molar-refractivity contribution in [1.29, 1.82) is 0 Å². The molecule has 11 nitrogen and oxygen atoms in total. The maximum Gasteiger partial charge on any atom is 0.274 e. The Bertz CT molecular complexity index is 1980. The van der Waals surface area contributed by atoms with E-state index in [0.717, 1.165) is 61.5 Å². The summed E-state index contributed by atoms with van der Waals surface area (Å²) in [5.41, 5.74) is 3.14. The zero-order chi connectivity index (χ0) is 32.4. The van der Waals surface area contributed by atoms with Gasteiger partial charge in [-0.15, -0.1) is 11.3 Å². The predicted octanol–water partition coefficient (Wildman–Crippen LogP) is 5.20. The Morgan fingerprint density at radius 2 is 1.96 bits per heavy atom. The number of carbonyl (C=O) groups is 1. The number of halogens is 2. The van der Waals surface area contributed by atoms with Crippen LogP contribution in [0.3, 0.4) is 0 Å². The highest BCUT2D eigenvalue weighted by molar-refractivity contribution is 7.89. The van der Waals surface area contributed by atoms with Crippen molar-refractivity contribution in [3.63, 3.8) is 0 Å². The first-order chi connectivity index (χ1) is 22.1. The number of imidazole rings is 2. The SMILES string of the molecule is CCn1cncc1Cn1c(CN2CCC(c3cccc(OCc4ccc(Cl)cc4F)n3)CC2)nc2sc(C(=O)NS(C)(=O)=O)cc21. The summed E-state index contributed by atoms with van der Waals surface area (Å²) in [6, 6.07) is 11.9. The van der Waals surface area contributed by atoms with E-state index >= 15 is 0 Å². The van der Waals surface area contributed by atoms with Gasteiger partial charge < -0.3 is 13.9 Å². The molecule has 0 saturated carbocycles. The van der Waals surface area contributed by atoms with Gasteiger partial charge >= 0.3 is 0 Å². The summed E-state index contributed by atoms with van der Waals surface area (Å²) >= 11 is 7.03. The molecule has 242 valence electrons. The van der Waals surface area contributed by atoms with Crippen LogP contribution >= 0.6 is 22.9 Å². The second-order valence-corrected chi connectivity index (χ2v) is 14.5. The lowest BCUT2D eigenvalue weighted by Gasteiger charge is -2.31. The number of likely N-dealkylation sites (tertiary alicyclic amines) is 1. The Hall–Kier alpha value is -3.85. The first-order valence-corrected chi connectivity index (χ1v) is 17.9. The summed E-state index contributed by atoms with van der Waals surface area (Å²) in [5.74, 6) is 0.490. The number of ether oxygens (including phenoxy) is 1. The second kappa shape index (κ2) is 13.5. The summed E-state index contributed by atoms with van der Waals surface area (Å²) in [6.45, 7) is 5.67. The first-order valence-electron chi connectivity index (χ1n) is 14.8. The fourth-order valence-electron chi connectivity index (χ4n) is 5.63. The number of amides is 1. The number of sulfonamides is 1. The molecule has 5 heterocycles. The normalized spacial score (nSPS) is 14.6. The number of benzene rings is 1. The number of hydrogen-bond donors (Lipinski definition) is 1. The van der Waals surface area contributed by atoms with Gasteiger partial charge in [0.15, 0.2) is 0 Å². The van der Waals surface area contributed by atoms with Gasteiger partial charge in [-0.25, -0.2) is 32.5 Å². The van der Waals surface area contributed by atoms with Crippen LogP contribution in [0.15, 0.2) is 55.0 Å². The van der Waals surface area contributed by atoms with Crippen molar-refractivity contribution < 1.29 is 22.3 Å². The van der Waals surface area contributed by atoms with Crippen LogP contribution < -0.4 is 9.46 Å². The third-order valence-corrected chi connectivity index (χ3v) is 9.80. The summed E-state index contributed by atoms with van der Waals surface area (Å²) < 4.78 is 49.4. The molecule has 5 aromatic rings. The molecule has 0 bridgehead atoms. The molecule has 1 aliphatic rings. The van der Waals surface area contributed by atoms with Crippen LogP contribution in [0.25, 0.3) is 10.3 Å². The van der Waals surface area contributed by atoms with Gasteiger partial charge in [0.05, 0.1) is 41.8 Å². The Labute approximate surface area is 275 Å². The maximum atomic E-state index is 14.2. The molecule has 4 aromatic heterocycles. The minimum absolute atomic E-state index is 0.0604. The number of aromatic nitrogens is 5. The fourth-order valence-corrected chi connectivity index (χ4v) is 7.25. The van der Waals surface area contributed by atoms with Gasteiger partial charge in [0.2, 0.25) is 15.9 Å². The standard InChI is InChI=1S/C31H33ClFN7O4S2/c1-3-39-19-34-15-23(39)16-40-26-14-27(30(41)37-46(2,42)43)45-31(26)36-28(40)17-38-11-9-20(10-12-38)25-5-4-6-29(35-25)44-18-21-7-8-22(32)13-24(21)33/h4-8,13-15,19-20H,3,9-12,16-18H2,1-2H3,(H,37,41). The van der Waals surface area contributed by atoms with Crippen molar-refractivity contribution in [2.24, 2.45) is 0 Å². The van der Waals surface area contributed by atoms with Crippen LogP contribution in [0.4, 0.5) is 4.39 Å². The smallest absolute Gasteiger partial charge is 0.274 e. The molecule has 46 heavy (non-hydrogen) atoms. The third-order valence-electron chi connectivity index (χ3n) is 7.99. The summed E-state index contributed by atoms with van der Waals surface area (Å²) in [7, 11) is -3.69. The van der Waals surface area contributed by atoms with Gasteiger partial charge in [-0.3, -0.25) is 9.69 Å². The number of fused-ring (bicyclic) bond motifs is 1. The molecule has 0 spiro atoms. The molecule has 1 amide bonds.